The molecule has 360 valence electrons. The van der Waals surface area contributed by atoms with E-state index in [1.54, 1.807) is 91.0 Å². The maximum atomic E-state index is 13.7. The van der Waals surface area contributed by atoms with Crippen molar-refractivity contribution in [2.24, 2.45) is 0 Å². The van der Waals surface area contributed by atoms with Gasteiger partial charge < -0.3 is 54.8 Å². The summed E-state index contributed by atoms with van der Waals surface area (Å²) in [6.45, 7) is 2.56. The maximum Gasteiger partial charge on any atom is 0.419 e. The van der Waals surface area contributed by atoms with Crippen LogP contribution in [0.4, 0.5) is 23.2 Å². The van der Waals surface area contributed by atoms with E-state index in [1.165, 1.54) is 6.07 Å². The molecular formula is C50H52F4N4O10. The predicted molar refractivity (Wildman–Crippen MR) is 244 cm³/mol. The molecule has 0 saturated heterocycles. The van der Waals surface area contributed by atoms with Gasteiger partial charge in [0.1, 0.15) is 42.9 Å². The van der Waals surface area contributed by atoms with Gasteiger partial charge in [0.25, 0.3) is 5.91 Å². The Morgan fingerprint density at radius 1 is 0.721 bits per heavy atom. The van der Waals surface area contributed by atoms with E-state index >= 15 is 0 Å². The number of amides is 3. The van der Waals surface area contributed by atoms with E-state index in [2.05, 4.69) is 33.1 Å². The van der Waals surface area contributed by atoms with Crippen LogP contribution in [0.25, 0.3) is 0 Å². The van der Waals surface area contributed by atoms with Gasteiger partial charge in [0.15, 0.2) is 5.75 Å². The molecule has 5 aromatic carbocycles. The standard InChI is InChI=1S/C50H52F4N4O10/c51-44-18-10-38(30-43(44)50(52,53)54)33-67-46-19-11-36(29-40(46)32-55-21-22-59)5-3-4-20-57-48(61)34-65-26-25-63-23-24-64-27-28-66-41-14-16-42(17-15-41)68-47-7-2-1-6-45(47)58-49(62)39-12-8-37(9-13-39)31-56-35-60/h1-2,6-19,29-30,35,55,59H,4,20-28,31-34H2,(H,56,60)(H,57,61)(H,58,62). The summed E-state index contributed by atoms with van der Waals surface area (Å²) < 4.78 is 87.2. The molecule has 0 spiro atoms. The molecule has 14 nitrogen and oxygen atoms in total. The fraction of sp³-hybridized carbons (Fsp3) is 0.300. The lowest BCUT2D eigenvalue weighted by Crippen LogP contribution is -2.28. The van der Waals surface area contributed by atoms with Crippen molar-refractivity contribution in [3.8, 4) is 34.8 Å². The number of para-hydroxylation sites is 2. The minimum Gasteiger partial charge on any atom is -0.491 e. The quantitative estimate of drug-likeness (QED) is 0.0155. The molecule has 0 radical (unpaired) electrons. The van der Waals surface area contributed by atoms with Gasteiger partial charge in [-0.1, -0.05) is 42.2 Å². The molecule has 18 heteroatoms. The number of anilines is 1. The average molecular weight is 945 g/mol. The van der Waals surface area contributed by atoms with Crippen molar-refractivity contribution < 1.29 is 65.5 Å². The first-order valence-corrected chi connectivity index (χ1v) is 21.5. The van der Waals surface area contributed by atoms with Crippen LogP contribution in [0.5, 0.6) is 23.0 Å². The van der Waals surface area contributed by atoms with Gasteiger partial charge in [0, 0.05) is 49.3 Å². The Bertz CT molecular complexity index is 2430. The summed E-state index contributed by atoms with van der Waals surface area (Å²) in [6.07, 6.45) is -3.86. The molecular weight excluding hydrogens is 893 g/mol. The van der Waals surface area contributed by atoms with Crippen molar-refractivity contribution in [1.82, 2.24) is 16.0 Å². The summed E-state index contributed by atoms with van der Waals surface area (Å²) >= 11 is 0. The van der Waals surface area contributed by atoms with Crippen molar-refractivity contribution in [3.63, 3.8) is 0 Å². The summed E-state index contributed by atoms with van der Waals surface area (Å²) in [6, 6.07) is 28.8. The van der Waals surface area contributed by atoms with E-state index in [-0.39, 0.29) is 63.5 Å². The summed E-state index contributed by atoms with van der Waals surface area (Å²) in [5.74, 6) is 6.04. The van der Waals surface area contributed by atoms with Gasteiger partial charge in [0.2, 0.25) is 12.3 Å². The number of halogens is 4. The molecule has 0 aliphatic heterocycles. The lowest BCUT2D eigenvalue weighted by atomic mass is 10.1. The third-order valence-corrected chi connectivity index (χ3v) is 9.47. The number of hydrogen-bond acceptors (Lipinski definition) is 11. The molecule has 5 N–H and O–H groups in total. The van der Waals surface area contributed by atoms with Gasteiger partial charge in [-0.2, -0.15) is 13.2 Å². The number of alkyl halides is 3. The van der Waals surface area contributed by atoms with Crippen LogP contribution in [0.2, 0.25) is 0 Å². The zero-order chi connectivity index (χ0) is 48.4. The Labute approximate surface area is 391 Å². The summed E-state index contributed by atoms with van der Waals surface area (Å²) in [5, 5.41) is 20.4. The van der Waals surface area contributed by atoms with Gasteiger partial charge >= 0.3 is 6.18 Å². The highest BCUT2D eigenvalue weighted by Gasteiger charge is 2.34. The van der Waals surface area contributed by atoms with Crippen molar-refractivity contribution in [1.29, 1.82) is 0 Å². The summed E-state index contributed by atoms with van der Waals surface area (Å²) in [4.78, 5) is 35.6. The number of carbonyl (C=O) groups excluding carboxylic acids is 3. The van der Waals surface area contributed by atoms with Crippen molar-refractivity contribution in [3.05, 3.63) is 148 Å². The second kappa shape index (κ2) is 28.2. The molecule has 68 heavy (non-hydrogen) atoms. The van der Waals surface area contributed by atoms with E-state index in [0.717, 1.165) is 17.7 Å². The zero-order valence-corrected chi connectivity index (χ0v) is 37.0. The Kier molecular flexibility index (Phi) is 21.6. The molecule has 0 atom stereocenters. The first-order valence-electron chi connectivity index (χ1n) is 21.5. The Morgan fingerprint density at radius 3 is 2.16 bits per heavy atom. The summed E-state index contributed by atoms with van der Waals surface area (Å²) in [7, 11) is 0. The van der Waals surface area contributed by atoms with Gasteiger partial charge in [-0.3, -0.25) is 14.4 Å². The van der Waals surface area contributed by atoms with Gasteiger partial charge in [-0.25, -0.2) is 4.39 Å². The highest BCUT2D eigenvalue weighted by Crippen LogP contribution is 2.33. The third-order valence-electron chi connectivity index (χ3n) is 9.47. The molecule has 5 aromatic rings. The van der Waals surface area contributed by atoms with Crippen LogP contribution in [-0.2, 0) is 49.7 Å². The second-order valence-electron chi connectivity index (χ2n) is 14.6. The third kappa shape index (κ3) is 18.3. The first kappa shape index (κ1) is 52.0. The number of hydrogen-bond donors (Lipinski definition) is 5. The average Bonchev–Trinajstić information content (AvgIpc) is 3.33. The molecule has 0 heterocycles. The maximum absolute atomic E-state index is 13.7. The van der Waals surface area contributed by atoms with Gasteiger partial charge in [-0.15, -0.1) is 0 Å². The van der Waals surface area contributed by atoms with Crippen LogP contribution in [0, 0.1) is 17.7 Å². The largest absolute Gasteiger partial charge is 0.491 e. The Balaban J connectivity index is 0.895. The number of benzene rings is 5. The molecule has 0 aromatic heterocycles. The van der Waals surface area contributed by atoms with E-state index in [9.17, 15) is 31.9 Å². The minimum atomic E-state index is -4.83. The van der Waals surface area contributed by atoms with Crippen LogP contribution in [0.15, 0.2) is 109 Å². The number of aliphatic hydroxyl groups is 1. The van der Waals surface area contributed by atoms with E-state index in [1.807, 2.05) is 0 Å². The van der Waals surface area contributed by atoms with Crippen molar-refractivity contribution in [2.75, 3.05) is 71.3 Å². The van der Waals surface area contributed by atoms with E-state index in [4.69, 9.17) is 33.5 Å². The topological polar surface area (TPSA) is 175 Å². The van der Waals surface area contributed by atoms with Crippen LogP contribution < -0.4 is 35.5 Å². The summed E-state index contributed by atoms with van der Waals surface area (Å²) in [5.41, 5.74) is 1.89. The van der Waals surface area contributed by atoms with Crippen molar-refractivity contribution >= 4 is 23.9 Å². The SMILES string of the molecule is O=CNCc1ccc(C(=O)Nc2ccccc2Oc2ccc(OCCOCCOCCOCC(=O)NCCC#Cc3ccc(OCc4ccc(F)c(C(F)(F)F)c4)c(CNCCO)c3)cc2)cc1. The normalized spacial score (nSPS) is 11.0. The van der Waals surface area contributed by atoms with E-state index < -0.39 is 17.6 Å². The molecule has 3 amide bonds. The zero-order valence-electron chi connectivity index (χ0n) is 37.0. The molecule has 0 saturated carbocycles. The van der Waals surface area contributed by atoms with Crippen LogP contribution in [-0.4, -0.2) is 89.3 Å². The molecule has 0 aliphatic carbocycles. The molecule has 5 rings (SSSR count). The highest BCUT2D eigenvalue weighted by atomic mass is 19.4. The minimum absolute atomic E-state index is 0.101. The number of aliphatic hydroxyl groups excluding tert-OH is 1. The van der Waals surface area contributed by atoms with Crippen molar-refractivity contribution in [2.45, 2.75) is 32.3 Å². The molecule has 0 bridgehead atoms. The number of rotatable bonds is 28. The Hall–Kier alpha value is -7.01. The number of nitrogens with one attached hydrogen (secondary N) is 4. The molecule has 0 unspecified atom stereocenters. The lowest BCUT2D eigenvalue weighted by molar-refractivity contribution is -0.140. The lowest BCUT2D eigenvalue weighted by Gasteiger charge is -2.14. The number of carbonyl (C=O) groups is 3. The highest BCUT2D eigenvalue weighted by molar-refractivity contribution is 6.05. The number of ether oxygens (including phenoxy) is 6. The smallest absolute Gasteiger partial charge is 0.419 e. The van der Waals surface area contributed by atoms with Crippen LogP contribution >= 0.6 is 0 Å². The van der Waals surface area contributed by atoms with Gasteiger partial charge in [-0.05, 0) is 90.0 Å². The molecule has 0 fully saturated rings. The predicted octanol–water partition coefficient (Wildman–Crippen LogP) is 6.78. The van der Waals surface area contributed by atoms with Gasteiger partial charge in [0.05, 0.1) is 50.9 Å². The molecule has 0 aliphatic rings. The van der Waals surface area contributed by atoms with Crippen LogP contribution in [0.1, 0.15) is 44.6 Å². The first-order chi connectivity index (χ1) is 33.0. The Morgan fingerprint density at radius 2 is 1.43 bits per heavy atom. The fourth-order valence-corrected chi connectivity index (χ4v) is 6.10. The fourth-order valence-electron chi connectivity index (χ4n) is 6.10. The second-order valence-corrected chi connectivity index (χ2v) is 14.6. The monoisotopic (exact) mass is 944 g/mol. The van der Waals surface area contributed by atoms with E-state index in [0.29, 0.717) is 97.7 Å². The van der Waals surface area contributed by atoms with Crippen LogP contribution in [0.3, 0.4) is 0 Å².